The molecule has 0 saturated heterocycles. The van der Waals surface area contributed by atoms with Gasteiger partial charge < -0.3 is 15.4 Å². The maximum atomic E-state index is 13.1. The van der Waals surface area contributed by atoms with E-state index >= 15 is 0 Å². The highest BCUT2D eigenvalue weighted by molar-refractivity contribution is 8.00. The molecule has 0 bridgehead atoms. The van der Waals surface area contributed by atoms with Gasteiger partial charge in [0.2, 0.25) is 11.8 Å². The molecule has 0 spiro atoms. The third-order valence-corrected chi connectivity index (χ3v) is 7.78. The Hall–Kier alpha value is -4.14. The summed E-state index contributed by atoms with van der Waals surface area (Å²) >= 11 is 2.64. The van der Waals surface area contributed by atoms with Crippen molar-refractivity contribution in [2.75, 3.05) is 17.7 Å². The van der Waals surface area contributed by atoms with Gasteiger partial charge >= 0.3 is 5.97 Å². The minimum atomic E-state index is -0.507. The van der Waals surface area contributed by atoms with Crippen molar-refractivity contribution < 1.29 is 19.1 Å². The highest BCUT2D eigenvalue weighted by Crippen LogP contribution is 2.37. The molecule has 198 valence electrons. The van der Waals surface area contributed by atoms with E-state index in [1.54, 1.807) is 19.1 Å². The van der Waals surface area contributed by atoms with Crippen molar-refractivity contribution in [3.8, 4) is 11.1 Å². The Morgan fingerprint density at radius 3 is 2.41 bits per heavy atom. The summed E-state index contributed by atoms with van der Waals surface area (Å²) in [7, 11) is 1.33. The first-order chi connectivity index (χ1) is 18.8. The van der Waals surface area contributed by atoms with E-state index in [2.05, 4.69) is 10.6 Å². The lowest BCUT2D eigenvalue weighted by Crippen LogP contribution is -2.23. The molecule has 1 unspecified atom stereocenters. The summed E-state index contributed by atoms with van der Waals surface area (Å²) in [6.07, 6.45) is 3.23. The van der Waals surface area contributed by atoms with Crippen LogP contribution in [0.3, 0.4) is 0 Å². The molecule has 0 radical (unpaired) electrons. The molecule has 4 rings (SSSR count). The summed E-state index contributed by atoms with van der Waals surface area (Å²) < 4.78 is 5.02. The number of hydrogen-bond donors (Lipinski definition) is 2. The monoisotopic (exact) mass is 556 g/mol. The number of anilines is 2. The Morgan fingerprint density at radius 1 is 0.949 bits per heavy atom. The summed E-state index contributed by atoms with van der Waals surface area (Å²) in [5.41, 5.74) is 4.60. The van der Waals surface area contributed by atoms with Crippen LogP contribution in [0.2, 0.25) is 0 Å². The van der Waals surface area contributed by atoms with Gasteiger partial charge in [-0.15, -0.1) is 23.1 Å². The zero-order chi connectivity index (χ0) is 27.8. The first-order valence-electron chi connectivity index (χ1n) is 12.2. The number of carbonyl (C=O) groups excluding carboxylic acids is 3. The van der Waals surface area contributed by atoms with E-state index in [0.29, 0.717) is 21.8 Å². The van der Waals surface area contributed by atoms with E-state index in [9.17, 15) is 14.4 Å². The molecular weight excluding hydrogens is 528 g/mol. The van der Waals surface area contributed by atoms with Crippen molar-refractivity contribution in [1.82, 2.24) is 0 Å². The van der Waals surface area contributed by atoms with Gasteiger partial charge in [0.1, 0.15) is 10.6 Å². The van der Waals surface area contributed by atoms with Gasteiger partial charge in [-0.05, 0) is 49.2 Å². The van der Waals surface area contributed by atoms with Crippen molar-refractivity contribution in [2.24, 2.45) is 0 Å². The van der Waals surface area contributed by atoms with Gasteiger partial charge in [-0.1, -0.05) is 66.2 Å². The van der Waals surface area contributed by atoms with Gasteiger partial charge in [-0.3, -0.25) is 9.59 Å². The maximum absolute atomic E-state index is 13.1. The molecule has 6 nitrogen and oxygen atoms in total. The number of benzene rings is 3. The van der Waals surface area contributed by atoms with Crippen LogP contribution >= 0.6 is 23.1 Å². The molecule has 3 aromatic carbocycles. The van der Waals surface area contributed by atoms with Gasteiger partial charge in [0.25, 0.3) is 0 Å². The number of esters is 1. The van der Waals surface area contributed by atoms with E-state index in [1.807, 2.05) is 85.1 Å². The van der Waals surface area contributed by atoms with E-state index in [4.69, 9.17) is 4.74 Å². The Kier molecular flexibility index (Phi) is 9.35. The van der Waals surface area contributed by atoms with Crippen LogP contribution in [0.5, 0.6) is 0 Å². The average molecular weight is 557 g/mol. The SMILES string of the molecule is COC(=O)c1c(-c2ccc(C)cc2)csc1NC(=O)C(C)Sc1cccc(NC(=O)/C=C/c2ccccc2)c1. The molecule has 0 aliphatic rings. The van der Waals surface area contributed by atoms with Crippen molar-refractivity contribution in [2.45, 2.75) is 24.0 Å². The standard InChI is InChI=1S/C31H28N2O4S2/c1-20-12-15-23(16-13-20)26-19-38-30(28(26)31(36)37-3)33-29(35)21(2)39-25-11-7-10-24(18-25)32-27(34)17-14-22-8-5-4-6-9-22/h4-19,21H,1-3H3,(H,32,34)(H,33,35)/b17-14+. The summed E-state index contributed by atoms with van der Waals surface area (Å²) in [4.78, 5) is 38.9. The Balaban J connectivity index is 1.42. The minimum absolute atomic E-state index is 0.246. The summed E-state index contributed by atoms with van der Waals surface area (Å²) in [6, 6.07) is 24.7. The maximum Gasteiger partial charge on any atom is 0.341 e. The molecule has 0 aliphatic carbocycles. The van der Waals surface area contributed by atoms with E-state index in [1.165, 1.54) is 36.3 Å². The van der Waals surface area contributed by atoms with Gasteiger partial charge in [-0.2, -0.15) is 0 Å². The van der Waals surface area contributed by atoms with Crippen molar-refractivity contribution in [3.05, 3.63) is 107 Å². The molecule has 8 heteroatoms. The third-order valence-electron chi connectivity index (χ3n) is 5.79. The van der Waals surface area contributed by atoms with Crippen LogP contribution in [-0.2, 0) is 14.3 Å². The van der Waals surface area contributed by atoms with Gasteiger partial charge in [0.15, 0.2) is 0 Å². The summed E-state index contributed by atoms with van der Waals surface area (Å²) in [6.45, 7) is 3.79. The number of ether oxygens (including phenoxy) is 1. The third kappa shape index (κ3) is 7.46. The Bertz CT molecular complexity index is 1490. The molecule has 4 aromatic rings. The van der Waals surface area contributed by atoms with Crippen LogP contribution in [0.4, 0.5) is 10.7 Å². The van der Waals surface area contributed by atoms with Gasteiger partial charge in [0.05, 0.1) is 12.4 Å². The van der Waals surface area contributed by atoms with Gasteiger partial charge in [0, 0.05) is 27.6 Å². The fraction of sp³-hybridized carbons (Fsp3) is 0.129. The smallest absolute Gasteiger partial charge is 0.341 e. The lowest BCUT2D eigenvalue weighted by atomic mass is 10.0. The number of methoxy groups -OCH3 is 1. The number of hydrogen-bond acceptors (Lipinski definition) is 6. The summed E-state index contributed by atoms with van der Waals surface area (Å²) in [5.74, 6) is -1.00. The van der Waals surface area contributed by atoms with Crippen LogP contribution in [0.1, 0.15) is 28.4 Å². The number of nitrogens with one attached hydrogen (secondary N) is 2. The van der Waals surface area contributed by atoms with Crippen molar-refractivity contribution >= 4 is 57.6 Å². The molecular formula is C31H28N2O4S2. The second kappa shape index (κ2) is 13.1. The highest BCUT2D eigenvalue weighted by atomic mass is 32.2. The lowest BCUT2D eigenvalue weighted by molar-refractivity contribution is -0.115. The van der Waals surface area contributed by atoms with Gasteiger partial charge in [-0.25, -0.2) is 4.79 Å². The fourth-order valence-electron chi connectivity index (χ4n) is 3.74. The largest absolute Gasteiger partial charge is 0.465 e. The Labute approximate surface area is 236 Å². The normalized spacial score (nSPS) is 11.7. The highest BCUT2D eigenvalue weighted by Gasteiger charge is 2.24. The minimum Gasteiger partial charge on any atom is -0.465 e. The Morgan fingerprint density at radius 2 is 1.69 bits per heavy atom. The predicted octanol–water partition coefficient (Wildman–Crippen LogP) is 7.28. The molecule has 2 N–H and O–H groups in total. The van der Waals surface area contributed by atoms with Crippen molar-refractivity contribution in [3.63, 3.8) is 0 Å². The van der Waals surface area contributed by atoms with Crippen LogP contribution in [0.25, 0.3) is 17.2 Å². The molecule has 0 saturated carbocycles. The van der Waals surface area contributed by atoms with Crippen LogP contribution < -0.4 is 10.6 Å². The summed E-state index contributed by atoms with van der Waals surface area (Å²) in [5, 5.41) is 7.59. The first kappa shape index (κ1) is 27.9. The number of amides is 2. The number of thioether (sulfide) groups is 1. The molecule has 0 fully saturated rings. The second-order valence-electron chi connectivity index (χ2n) is 8.72. The second-order valence-corrected chi connectivity index (χ2v) is 11.0. The number of carbonyl (C=O) groups is 3. The molecule has 1 heterocycles. The zero-order valence-electron chi connectivity index (χ0n) is 21.8. The predicted molar refractivity (Wildman–Crippen MR) is 160 cm³/mol. The molecule has 2 amide bonds. The van der Waals surface area contributed by atoms with Crippen LogP contribution in [0.15, 0.2) is 95.2 Å². The van der Waals surface area contributed by atoms with Crippen molar-refractivity contribution in [1.29, 1.82) is 0 Å². The molecule has 1 aromatic heterocycles. The number of rotatable bonds is 9. The molecule has 1 atom stereocenters. The number of thiophene rings is 1. The average Bonchev–Trinajstić information content (AvgIpc) is 3.36. The molecule has 0 aliphatic heterocycles. The van der Waals surface area contributed by atoms with Crippen LogP contribution in [-0.4, -0.2) is 30.1 Å². The fourth-order valence-corrected chi connectivity index (χ4v) is 5.63. The van der Waals surface area contributed by atoms with E-state index in [0.717, 1.165) is 21.6 Å². The topological polar surface area (TPSA) is 84.5 Å². The quantitative estimate of drug-likeness (QED) is 0.129. The van der Waals surface area contributed by atoms with E-state index < -0.39 is 11.2 Å². The lowest BCUT2D eigenvalue weighted by Gasteiger charge is -2.13. The zero-order valence-corrected chi connectivity index (χ0v) is 23.4. The molecule has 39 heavy (non-hydrogen) atoms. The number of aryl methyl sites for hydroxylation is 1. The first-order valence-corrected chi connectivity index (χ1v) is 14.0. The van der Waals surface area contributed by atoms with E-state index in [-0.39, 0.29) is 11.8 Å². The van der Waals surface area contributed by atoms with Crippen LogP contribution in [0, 0.1) is 6.92 Å².